The molecule has 6 atom stereocenters. The number of hydrogen-bond donors (Lipinski definition) is 3. The molecule has 1 fully saturated rings. The number of aliphatic hydroxyl groups is 2. The number of anilines is 1. The number of nitriles is 1. The van der Waals surface area contributed by atoms with Gasteiger partial charge in [-0.2, -0.15) is 5.26 Å². The molecule has 15 heteroatoms. The number of nitrogens with one attached hydrogen (secondary N) is 1. The van der Waals surface area contributed by atoms with Crippen LogP contribution < -0.4 is 24.3 Å². The van der Waals surface area contributed by atoms with Gasteiger partial charge >= 0.3 is 6.09 Å². The Morgan fingerprint density at radius 3 is 2.33 bits per heavy atom. The van der Waals surface area contributed by atoms with E-state index in [1.807, 2.05) is 26.8 Å². The molecule has 0 radical (unpaired) electrons. The molecule has 1 aliphatic heterocycles. The van der Waals surface area contributed by atoms with E-state index >= 15 is 4.79 Å². The van der Waals surface area contributed by atoms with E-state index in [2.05, 4.69) is 24.0 Å². The van der Waals surface area contributed by atoms with E-state index in [1.54, 1.807) is 77.7 Å². The van der Waals surface area contributed by atoms with Gasteiger partial charge in [0.15, 0.2) is 0 Å². The number of benzene rings is 4. The molecule has 1 heterocycles. The summed E-state index contributed by atoms with van der Waals surface area (Å²) in [7, 11) is 3.02. The van der Waals surface area contributed by atoms with Crippen molar-refractivity contribution in [2.75, 3.05) is 39.4 Å². The summed E-state index contributed by atoms with van der Waals surface area (Å²) in [6, 6.07) is 23.8. The molecule has 2 aliphatic carbocycles. The number of carbonyl (C=O) groups excluding carboxylic acids is 2. The minimum Gasteiger partial charge on any atom is -0.497 e. The van der Waals surface area contributed by atoms with Crippen molar-refractivity contribution in [3.05, 3.63) is 137 Å². The van der Waals surface area contributed by atoms with E-state index in [0.717, 1.165) is 24.0 Å². The third-order valence-electron chi connectivity index (χ3n) is 13.1. The molecular weight excluding hydrogens is 896 g/mol. The number of unbranched alkanes of at least 4 members (excludes halogenated alkanes) is 2. The Bertz CT molecular complexity index is 2590. The van der Waals surface area contributed by atoms with Gasteiger partial charge < -0.3 is 43.6 Å². The highest BCUT2D eigenvalue weighted by atomic mass is 19.1. The lowest BCUT2D eigenvalue weighted by atomic mass is 9.55. The maximum atomic E-state index is 15.3. The quantitative estimate of drug-likeness (QED) is 0.0436. The fourth-order valence-electron chi connectivity index (χ4n) is 10.0. The number of ether oxygens (including phenoxy) is 5. The Labute approximate surface area is 409 Å². The first kappa shape index (κ1) is 51.1. The summed E-state index contributed by atoms with van der Waals surface area (Å²) in [4.78, 5) is 37.0. The lowest BCUT2D eigenvalue weighted by Crippen LogP contribution is -2.70. The second-order valence-electron chi connectivity index (χ2n) is 18.8. The largest absolute Gasteiger partial charge is 0.497 e. The van der Waals surface area contributed by atoms with E-state index in [9.17, 15) is 24.7 Å². The Hall–Kier alpha value is -6.73. The highest BCUT2D eigenvalue weighted by Gasteiger charge is 2.65. The van der Waals surface area contributed by atoms with E-state index in [4.69, 9.17) is 33.7 Å². The number of nitrogens with zero attached hydrogens (tertiary/aromatic N) is 3. The minimum absolute atomic E-state index is 0.00756. The zero-order chi connectivity index (χ0) is 50.0. The third-order valence-corrected chi connectivity index (χ3v) is 13.1. The van der Waals surface area contributed by atoms with Gasteiger partial charge in [-0.25, -0.2) is 9.18 Å². The van der Waals surface area contributed by atoms with Crippen LogP contribution in [0.1, 0.15) is 98.7 Å². The van der Waals surface area contributed by atoms with Crippen molar-refractivity contribution in [3.63, 3.8) is 0 Å². The first-order valence-electron chi connectivity index (χ1n) is 23.8. The van der Waals surface area contributed by atoms with E-state index < -0.39 is 47.1 Å². The zero-order valence-corrected chi connectivity index (χ0v) is 40.5. The maximum Gasteiger partial charge on any atom is 0.417 e. The number of allylic oxidation sites excluding steroid dienone is 1. The number of amides is 2. The normalized spacial score (nSPS) is 21.7. The molecule has 0 bridgehead atoms. The summed E-state index contributed by atoms with van der Waals surface area (Å²) in [6.45, 7) is 9.81. The lowest BCUT2D eigenvalue weighted by Gasteiger charge is -2.60. The van der Waals surface area contributed by atoms with Gasteiger partial charge in [-0.15, -0.1) is 6.58 Å². The molecule has 0 spiro atoms. The number of fused-ring (bicyclic) bond motifs is 2. The Kier molecular flexibility index (Phi) is 16.6. The van der Waals surface area contributed by atoms with Crippen LogP contribution in [0.15, 0.2) is 114 Å². The number of rotatable bonds is 20. The van der Waals surface area contributed by atoms with Gasteiger partial charge in [0, 0.05) is 49.3 Å². The number of aliphatic hydroxyl groups excluding tert-OH is 2. The standard InChI is InChI=1S/C55H63FN4O10/c1-7-28-67-55-49(60(34-36-16-20-39(56)21-17-36)52(63)37-18-14-35(33-57)15-19-37)32-46(59-70-54(2,3)4)43-29-38(12-8-10-26-61)42(13-9-11-27-62)50(51(43)55)44-30-41(23-25-47(44)69-55)68-53(64)58-45-24-22-40(65-5)31-48(45)66-6/h7,14-25,29-31,38,42,49-51,61-62H,1,8-13,26-28,32,34H2,2-6H3,(H,58,64)/t38-,42+,49-,50+,51+,55+/m0/s1. The lowest BCUT2D eigenvalue weighted by molar-refractivity contribution is -0.255. The van der Waals surface area contributed by atoms with Crippen molar-refractivity contribution in [2.45, 2.75) is 95.6 Å². The average Bonchev–Trinajstić information content (AvgIpc) is 3.35. The van der Waals surface area contributed by atoms with E-state index in [-0.39, 0.29) is 50.4 Å². The van der Waals surface area contributed by atoms with Crippen LogP contribution in [0.5, 0.6) is 23.0 Å². The molecule has 4 aromatic carbocycles. The maximum absolute atomic E-state index is 15.3. The number of oxime groups is 1. The van der Waals surface area contributed by atoms with Gasteiger partial charge in [-0.05, 0) is 136 Å². The molecule has 0 aromatic heterocycles. The molecule has 3 aliphatic rings. The summed E-state index contributed by atoms with van der Waals surface area (Å²) in [5.74, 6) is -2.14. The number of hydrogen-bond acceptors (Lipinski definition) is 12. The highest BCUT2D eigenvalue weighted by molar-refractivity contribution is 6.03. The number of halogens is 1. The first-order valence-corrected chi connectivity index (χ1v) is 23.8. The van der Waals surface area contributed by atoms with Crippen LogP contribution >= 0.6 is 0 Å². The molecule has 370 valence electrons. The topological polar surface area (TPSA) is 181 Å². The molecule has 0 unspecified atom stereocenters. The molecule has 2 amide bonds. The van der Waals surface area contributed by atoms with Crippen molar-refractivity contribution in [3.8, 4) is 29.1 Å². The predicted octanol–water partition coefficient (Wildman–Crippen LogP) is 10.1. The van der Waals surface area contributed by atoms with Crippen molar-refractivity contribution in [1.29, 1.82) is 5.26 Å². The summed E-state index contributed by atoms with van der Waals surface area (Å²) in [5.41, 5.74) is 3.13. The average molecular weight is 959 g/mol. The molecule has 3 N–H and O–H groups in total. The third kappa shape index (κ3) is 11.5. The molecule has 14 nitrogen and oxygen atoms in total. The number of carbonyl (C=O) groups is 2. The van der Waals surface area contributed by atoms with Gasteiger partial charge in [0.1, 0.15) is 40.5 Å². The smallest absolute Gasteiger partial charge is 0.417 e. The van der Waals surface area contributed by atoms with Gasteiger partial charge in [0.05, 0.1) is 49.8 Å². The van der Waals surface area contributed by atoms with Crippen LogP contribution in [-0.4, -0.2) is 84.3 Å². The molecule has 4 aromatic rings. The molecule has 1 saturated carbocycles. The summed E-state index contributed by atoms with van der Waals surface area (Å²) in [6.07, 6.45) is 7.20. The van der Waals surface area contributed by atoms with Crippen molar-refractivity contribution < 1.29 is 52.7 Å². The summed E-state index contributed by atoms with van der Waals surface area (Å²) in [5, 5.41) is 37.4. The van der Waals surface area contributed by atoms with E-state index in [0.29, 0.717) is 71.0 Å². The summed E-state index contributed by atoms with van der Waals surface area (Å²) < 4.78 is 45.8. The monoisotopic (exact) mass is 958 g/mol. The Morgan fingerprint density at radius 2 is 1.67 bits per heavy atom. The van der Waals surface area contributed by atoms with Crippen molar-refractivity contribution >= 4 is 23.4 Å². The SMILES string of the molecule is C=CCO[C@@]12Oc3ccc(OC(=O)Nc4ccc(OC)cc4OC)cc3[C@H]3[C@H](CCCCO)[C@@H](CCCCO)C=C(C(=NOC(C)(C)C)C[C@@H]1N(Cc1ccc(F)cc1)C(=O)c1ccc(C#N)cc1)[C@H]32. The van der Waals surface area contributed by atoms with Gasteiger partial charge in [-0.3, -0.25) is 10.1 Å². The van der Waals surface area contributed by atoms with E-state index in [1.165, 1.54) is 26.4 Å². The Balaban J connectivity index is 1.45. The molecule has 0 saturated heterocycles. The van der Waals surface area contributed by atoms with Crippen LogP contribution in [0.3, 0.4) is 0 Å². The fourth-order valence-corrected chi connectivity index (χ4v) is 10.0. The first-order chi connectivity index (χ1) is 33.8. The van der Waals surface area contributed by atoms with Crippen molar-refractivity contribution in [2.24, 2.45) is 22.9 Å². The van der Waals surface area contributed by atoms with Crippen molar-refractivity contribution in [1.82, 2.24) is 4.90 Å². The van der Waals surface area contributed by atoms with Crippen LogP contribution in [0, 0.1) is 34.9 Å². The summed E-state index contributed by atoms with van der Waals surface area (Å²) >= 11 is 0. The van der Waals surface area contributed by atoms with Crippen LogP contribution in [0.2, 0.25) is 0 Å². The second-order valence-corrected chi connectivity index (χ2v) is 18.8. The Morgan fingerprint density at radius 1 is 0.957 bits per heavy atom. The minimum atomic E-state index is -1.63. The van der Waals surface area contributed by atoms with Gasteiger partial charge in [0.2, 0.25) is 5.79 Å². The molecular formula is C55H63FN4O10. The zero-order valence-electron chi connectivity index (χ0n) is 40.5. The highest BCUT2D eigenvalue weighted by Crippen LogP contribution is 2.62. The van der Waals surface area contributed by atoms with Crippen LogP contribution in [-0.2, 0) is 16.1 Å². The van der Waals surface area contributed by atoms with Crippen LogP contribution in [0.4, 0.5) is 14.9 Å². The predicted molar refractivity (Wildman–Crippen MR) is 262 cm³/mol. The second kappa shape index (κ2) is 22.8. The van der Waals surface area contributed by atoms with Crippen LogP contribution in [0.25, 0.3) is 0 Å². The fraction of sp³-hybridized carbons (Fsp3) is 0.418. The molecule has 70 heavy (non-hydrogen) atoms. The van der Waals surface area contributed by atoms with Gasteiger partial charge in [0.25, 0.3) is 5.91 Å². The molecule has 7 rings (SSSR count). The van der Waals surface area contributed by atoms with Gasteiger partial charge in [-0.1, -0.05) is 42.3 Å². The number of methoxy groups -OCH3 is 2.